The lowest BCUT2D eigenvalue weighted by Gasteiger charge is -2.08. The van der Waals surface area contributed by atoms with Crippen LogP contribution in [0.5, 0.6) is 0 Å². The third-order valence-corrected chi connectivity index (χ3v) is 3.26. The van der Waals surface area contributed by atoms with E-state index in [1.165, 1.54) is 11.3 Å². The van der Waals surface area contributed by atoms with Crippen molar-refractivity contribution in [3.8, 4) is 0 Å². The van der Waals surface area contributed by atoms with Gasteiger partial charge in [-0.3, -0.25) is 9.78 Å². The van der Waals surface area contributed by atoms with Gasteiger partial charge in [0.05, 0.1) is 17.6 Å². The number of benzene rings is 1. The van der Waals surface area contributed by atoms with E-state index < -0.39 is 0 Å². The van der Waals surface area contributed by atoms with Gasteiger partial charge in [0.25, 0.3) is 5.91 Å². The molecule has 2 rings (SSSR count). The number of aryl methyl sites for hydroxylation is 1. The Morgan fingerprint density at radius 1 is 1.53 bits per heavy atom. The first-order valence-electron chi connectivity index (χ1n) is 5.19. The van der Waals surface area contributed by atoms with Crippen molar-refractivity contribution < 1.29 is 4.79 Å². The number of aromatic nitrogens is 1. The van der Waals surface area contributed by atoms with Crippen molar-refractivity contribution in [3.05, 3.63) is 45.9 Å². The Balaban J connectivity index is 2.07. The van der Waals surface area contributed by atoms with Crippen LogP contribution in [0.25, 0.3) is 0 Å². The SMILES string of the molecule is Cc1cccc(C(=O)NCc2cncs2)c1N. The molecule has 0 fully saturated rings. The van der Waals surface area contributed by atoms with Crippen LogP contribution in [-0.2, 0) is 6.54 Å². The maximum absolute atomic E-state index is 11.9. The number of anilines is 1. The van der Waals surface area contributed by atoms with Crippen molar-refractivity contribution >= 4 is 22.9 Å². The molecule has 1 aromatic heterocycles. The molecule has 5 heteroatoms. The highest BCUT2D eigenvalue weighted by atomic mass is 32.1. The van der Waals surface area contributed by atoms with Gasteiger partial charge in [-0.25, -0.2) is 0 Å². The zero-order valence-electron chi connectivity index (χ0n) is 9.43. The molecule has 0 aliphatic carbocycles. The van der Waals surface area contributed by atoms with E-state index in [9.17, 15) is 4.79 Å². The van der Waals surface area contributed by atoms with Gasteiger partial charge in [-0.2, -0.15) is 0 Å². The summed E-state index contributed by atoms with van der Waals surface area (Å²) in [6.45, 7) is 2.37. The number of carbonyl (C=O) groups excluding carboxylic acids is 1. The van der Waals surface area contributed by atoms with Crippen molar-refractivity contribution in [1.29, 1.82) is 0 Å². The molecule has 4 nitrogen and oxygen atoms in total. The maximum Gasteiger partial charge on any atom is 0.253 e. The lowest BCUT2D eigenvalue weighted by Crippen LogP contribution is -2.23. The standard InChI is InChI=1S/C12H13N3OS/c1-8-3-2-4-10(11(8)13)12(16)15-6-9-5-14-7-17-9/h2-5,7H,6,13H2,1H3,(H,15,16). The van der Waals surface area contributed by atoms with Crippen molar-refractivity contribution in [2.24, 2.45) is 0 Å². The molecule has 17 heavy (non-hydrogen) atoms. The number of rotatable bonds is 3. The Labute approximate surface area is 103 Å². The van der Waals surface area contributed by atoms with Crippen LogP contribution in [-0.4, -0.2) is 10.9 Å². The van der Waals surface area contributed by atoms with Crippen LogP contribution < -0.4 is 11.1 Å². The summed E-state index contributed by atoms with van der Waals surface area (Å²) in [5, 5.41) is 2.82. The third kappa shape index (κ3) is 2.62. The van der Waals surface area contributed by atoms with Gasteiger partial charge in [-0.15, -0.1) is 11.3 Å². The lowest BCUT2D eigenvalue weighted by molar-refractivity contribution is 0.0952. The van der Waals surface area contributed by atoms with Gasteiger partial charge in [0.2, 0.25) is 0 Å². The second kappa shape index (κ2) is 4.97. The fourth-order valence-corrected chi connectivity index (χ4v) is 2.01. The second-order valence-corrected chi connectivity index (χ2v) is 4.66. The van der Waals surface area contributed by atoms with E-state index in [0.29, 0.717) is 17.8 Å². The van der Waals surface area contributed by atoms with Gasteiger partial charge in [0.1, 0.15) is 0 Å². The minimum atomic E-state index is -0.153. The van der Waals surface area contributed by atoms with Crippen molar-refractivity contribution in [1.82, 2.24) is 10.3 Å². The average Bonchev–Trinajstić information content (AvgIpc) is 2.82. The highest BCUT2D eigenvalue weighted by molar-refractivity contribution is 7.09. The predicted octanol–water partition coefficient (Wildman–Crippen LogP) is 1.96. The molecule has 1 heterocycles. The smallest absolute Gasteiger partial charge is 0.253 e. The Bertz CT molecular complexity index is 523. The molecular formula is C12H13N3OS. The Kier molecular flexibility index (Phi) is 3.39. The van der Waals surface area contributed by atoms with E-state index in [1.807, 2.05) is 19.1 Å². The first-order valence-corrected chi connectivity index (χ1v) is 6.07. The Morgan fingerprint density at radius 3 is 3.06 bits per heavy atom. The molecule has 0 saturated carbocycles. The summed E-state index contributed by atoms with van der Waals surface area (Å²) in [7, 11) is 0. The molecule has 0 bridgehead atoms. The normalized spacial score (nSPS) is 10.2. The average molecular weight is 247 g/mol. The fourth-order valence-electron chi connectivity index (χ4n) is 1.47. The molecule has 3 N–H and O–H groups in total. The van der Waals surface area contributed by atoms with E-state index in [2.05, 4.69) is 10.3 Å². The summed E-state index contributed by atoms with van der Waals surface area (Å²) in [4.78, 5) is 16.9. The largest absolute Gasteiger partial charge is 0.398 e. The molecule has 0 aliphatic rings. The number of hydrogen-bond donors (Lipinski definition) is 2. The minimum Gasteiger partial charge on any atom is -0.398 e. The quantitative estimate of drug-likeness (QED) is 0.815. The monoisotopic (exact) mass is 247 g/mol. The highest BCUT2D eigenvalue weighted by Crippen LogP contribution is 2.16. The first-order chi connectivity index (χ1) is 8.18. The number of amides is 1. The fraction of sp³-hybridized carbons (Fsp3) is 0.167. The molecule has 0 unspecified atom stereocenters. The Morgan fingerprint density at radius 2 is 2.35 bits per heavy atom. The molecule has 0 radical (unpaired) electrons. The summed E-state index contributed by atoms with van der Waals surface area (Å²) in [6, 6.07) is 5.44. The number of nitrogens with two attached hydrogens (primary N) is 1. The topological polar surface area (TPSA) is 68.0 Å². The van der Waals surface area contributed by atoms with Crippen LogP contribution in [0.15, 0.2) is 29.9 Å². The van der Waals surface area contributed by atoms with E-state index >= 15 is 0 Å². The van der Waals surface area contributed by atoms with Crippen molar-refractivity contribution in [3.63, 3.8) is 0 Å². The molecule has 2 aromatic rings. The number of nitrogens with zero attached hydrogens (tertiary/aromatic N) is 1. The predicted molar refractivity (Wildman–Crippen MR) is 68.9 cm³/mol. The number of nitrogens with one attached hydrogen (secondary N) is 1. The summed E-state index contributed by atoms with van der Waals surface area (Å²) in [6.07, 6.45) is 1.74. The van der Waals surface area contributed by atoms with E-state index in [4.69, 9.17) is 5.73 Å². The molecule has 1 aromatic carbocycles. The van der Waals surface area contributed by atoms with Crippen LogP contribution in [0.1, 0.15) is 20.8 Å². The second-order valence-electron chi connectivity index (χ2n) is 3.69. The molecule has 88 valence electrons. The number of nitrogen functional groups attached to an aromatic ring is 1. The summed E-state index contributed by atoms with van der Waals surface area (Å²) in [5.41, 5.74) is 9.57. The van der Waals surface area contributed by atoms with Gasteiger partial charge in [-0.1, -0.05) is 12.1 Å². The Hall–Kier alpha value is -1.88. The number of hydrogen-bond acceptors (Lipinski definition) is 4. The molecule has 0 atom stereocenters. The molecule has 1 amide bonds. The molecular weight excluding hydrogens is 234 g/mol. The van der Waals surface area contributed by atoms with E-state index in [1.54, 1.807) is 17.8 Å². The van der Waals surface area contributed by atoms with Gasteiger partial charge in [-0.05, 0) is 18.6 Å². The zero-order valence-corrected chi connectivity index (χ0v) is 10.3. The van der Waals surface area contributed by atoms with Crippen molar-refractivity contribution in [2.75, 3.05) is 5.73 Å². The molecule has 0 aliphatic heterocycles. The number of carbonyl (C=O) groups is 1. The van der Waals surface area contributed by atoms with Crippen molar-refractivity contribution in [2.45, 2.75) is 13.5 Å². The van der Waals surface area contributed by atoms with Crippen LogP contribution in [0.3, 0.4) is 0 Å². The van der Waals surface area contributed by atoms with Gasteiger partial charge >= 0.3 is 0 Å². The lowest BCUT2D eigenvalue weighted by atomic mass is 10.1. The first kappa shape index (κ1) is 11.6. The van der Waals surface area contributed by atoms with E-state index in [-0.39, 0.29) is 5.91 Å². The summed E-state index contributed by atoms with van der Waals surface area (Å²) >= 11 is 1.51. The highest BCUT2D eigenvalue weighted by Gasteiger charge is 2.10. The van der Waals surface area contributed by atoms with Crippen LogP contribution >= 0.6 is 11.3 Å². The zero-order chi connectivity index (χ0) is 12.3. The summed E-state index contributed by atoms with van der Waals surface area (Å²) in [5.74, 6) is -0.153. The van der Waals surface area contributed by atoms with Crippen LogP contribution in [0, 0.1) is 6.92 Å². The number of thiazole rings is 1. The summed E-state index contributed by atoms with van der Waals surface area (Å²) < 4.78 is 0. The molecule has 0 saturated heterocycles. The third-order valence-electron chi connectivity index (χ3n) is 2.48. The van der Waals surface area contributed by atoms with E-state index in [0.717, 1.165) is 10.4 Å². The molecule has 0 spiro atoms. The van der Waals surface area contributed by atoms with Gasteiger partial charge < -0.3 is 11.1 Å². The minimum absolute atomic E-state index is 0.153. The van der Waals surface area contributed by atoms with Crippen LogP contribution in [0.4, 0.5) is 5.69 Å². The number of para-hydroxylation sites is 1. The van der Waals surface area contributed by atoms with Crippen LogP contribution in [0.2, 0.25) is 0 Å². The van der Waals surface area contributed by atoms with Gasteiger partial charge in [0, 0.05) is 16.8 Å². The van der Waals surface area contributed by atoms with Gasteiger partial charge in [0.15, 0.2) is 0 Å². The maximum atomic E-state index is 11.9.